The molecule has 34 heavy (non-hydrogen) atoms. The number of carbonyl (C=O) groups is 1. The summed E-state index contributed by atoms with van der Waals surface area (Å²) in [6, 6.07) is 4.48. The van der Waals surface area contributed by atoms with Crippen LogP contribution in [0.2, 0.25) is 5.02 Å². The Kier molecular flexibility index (Phi) is 7.94. The Morgan fingerprint density at radius 2 is 1.74 bits per heavy atom. The largest absolute Gasteiger partial charge is 0.494 e. The van der Waals surface area contributed by atoms with E-state index in [2.05, 4.69) is 33.9 Å². The summed E-state index contributed by atoms with van der Waals surface area (Å²) in [5.41, 5.74) is 2.80. The number of likely N-dealkylation sites (tertiary alicyclic amines) is 1. The maximum Gasteiger partial charge on any atom is 0.254 e. The van der Waals surface area contributed by atoms with Gasteiger partial charge in [-0.3, -0.25) is 4.79 Å². The van der Waals surface area contributed by atoms with E-state index in [4.69, 9.17) is 16.3 Å². The van der Waals surface area contributed by atoms with Crippen LogP contribution in [-0.2, 0) is 0 Å². The Balaban J connectivity index is 1.20. The van der Waals surface area contributed by atoms with Gasteiger partial charge in [0.2, 0.25) is 5.95 Å². The van der Waals surface area contributed by atoms with Gasteiger partial charge in [0.1, 0.15) is 5.75 Å². The quantitative estimate of drug-likeness (QED) is 0.522. The zero-order valence-corrected chi connectivity index (χ0v) is 21.5. The summed E-state index contributed by atoms with van der Waals surface area (Å²) < 4.78 is 6.07. The third-order valence-corrected chi connectivity index (χ3v) is 7.32. The summed E-state index contributed by atoms with van der Waals surface area (Å²) in [5.74, 6) is 2.47. The molecular formula is C26H36ClN5O2. The number of aryl methyl sites for hydroxylation is 2. The van der Waals surface area contributed by atoms with E-state index in [9.17, 15) is 4.79 Å². The predicted molar refractivity (Wildman–Crippen MR) is 136 cm³/mol. The smallest absolute Gasteiger partial charge is 0.254 e. The Labute approximate surface area is 208 Å². The van der Waals surface area contributed by atoms with Crippen LogP contribution in [0.5, 0.6) is 5.75 Å². The fraction of sp³-hybridized carbons (Fsp3) is 0.577. The number of benzene rings is 1. The minimum atomic E-state index is 0.134. The topological polar surface area (TPSA) is 61.8 Å². The van der Waals surface area contributed by atoms with Gasteiger partial charge in [0.25, 0.3) is 5.91 Å². The van der Waals surface area contributed by atoms with E-state index < -0.39 is 0 Å². The lowest BCUT2D eigenvalue weighted by atomic mass is 9.92. The highest BCUT2D eigenvalue weighted by Crippen LogP contribution is 2.27. The van der Waals surface area contributed by atoms with E-state index >= 15 is 0 Å². The van der Waals surface area contributed by atoms with Crippen LogP contribution in [0.15, 0.2) is 24.5 Å². The summed E-state index contributed by atoms with van der Waals surface area (Å²) in [6.07, 6.45) is 7.79. The van der Waals surface area contributed by atoms with Crippen molar-refractivity contribution in [2.24, 2.45) is 5.92 Å². The molecule has 1 aromatic carbocycles. The summed E-state index contributed by atoms with van der Waals surface area (Å²) in [6.45, 7) is 8.27. The highest BCUT2D eigenvalue weighted by atomic mass is 35.5. The van der Waals surface area contributed by atoms with Gasteiger partial charge in [0, 0.05) is 37.8 Å². The van der Waals surface area contributed by atoms with Crippen LogP contribution in [0.25, 0.3) is 0 Å². The molecule has 3 heterocycles. The van der Waals surface area contributed by atoms with E-state index in [1.165, 1.54) is 0 Å². The van der Waals surface area contributed by atoms with Crippen molar-refractivity contribution in [2.45, 2.75) is 45.6 Å². The molecular weight excluding hydrogens is 450 g/mol. The summed E-state index contributed by atoms with van der Waals surface area (Å²) in [7, 11) is 4.13. The number of halogens is 1. The van der Waals surface area contributed by atoms with Crippen LogP contribution < -0.4 is 9.64 Å². The number of amides is 1. The zero-order chi connectivity index (χ0) is 24.2. The summed E-state index contributed by atoms with van der Waals surface area (Å²) in [4.78, 5) is 28.0. The molecule has 0 spiro atoms. The second-order valence-corrected chi connectivity index (χ2v) is 10.3. The highest BCUT2D eigenvalue weighted by molar-refractivity contribution is 6.30. The maximum absolute atomic E-state index is 13.0. The molecule has 0 aliphatic carbocycles. The van der Waals surface area contributed by atoms with Crippen LogP contribution in [-0.4, -0.2) is 78.6 Å². The average molecular weight is 486 g/mol. The van der Waals surface area contributed by atoms with Gasteiger partial charge in [-0.25, -0.2) is 9.97 Å². The molecule has 2 fully saturated rings. The first-order valence-corrected chi connectivity index (χ1v) is 12.6. The monoisotopic (exact) mass is 485 g/mol. The molecule has 2 saturated heterocycles. The SMILES string of the molecule is Cc1cc(OCCCC2CCN(c3ncc(Cl)cn3)CC2)cc(C)c1C(=O)N1CC(N(C)C)C1. The van der Waals surface area contributed by atoms with Crippen molar-refractivity contribution in [3.05, 3.63) is 46.2 Å². The number of carbonyl (C=O) groups excluding carboxylic acids is 1. The molecule has 0 atom stereocenters. The maximum atomic E-state index is 13.0. The first-order valence-electron chi connectivity index (χ1n) is 12.2. The highest BCUT2D eigenvalue weighted by Gasteiger charge is 2.33. The average Bonchev–Trinajstić information content (AvgIpc) is 2.76. The second kappa shape index (κ2) is 10.9. The van der Waals surface area contributed by atoms with Gasteiger partial charge < -0.3 is 19.4 Å². The minimum absolute atomic E-state index is 0.134. The van der Waals surface area contributed by atoms with E-state index in [1.54, 1.807) is 12.4 Å². The van der Waals surface area contributed by atoms with Crippen molar-refractivity contribution in [1.29, 1.82) is 0 Å². The third kappa shape index (κ3) is 5.81. The van der Waals surface area contributed by atoms with Crippen molar-refractivity contribution in [1.82, 2.24) is 19.8 Å². The lowest BCUT2D eigenvalue weighted by molar-refractivity contribution is 0.0398. The molecule has 0 unspecified atom stereocenters. The fourth-order valence-corrected chi connectivity index (χ4v) is 5.00. The molecule has 2 aliphatic heterocycles. The number of aromatic nitrogens is 2. The molecule has 0 saturated carbocycles. The molecule has 7 nitrogen and oxygen atoms in total. The minimum Gasteiger partial charge on any atom is -0.494 e. The number of hydrogen-bond donors (Lipinski definition) is 0. The van der Waals surface area contributed by atoms with Gasteiger partial charge in [-0.1, -0.05) is 11.6 Å². The van der Waals surface area contributed by atoms with Crippen molar-refractivity contribution in [2.75, 3.05) is 51.8 Å². The van der Waals surface area contributed by atoms with Crippen molar-refractivity contribution in [3.8, 4) is 5.75 Å². The van der Waals surface area contributed by atoms with E-state index in [0.717, 1.165) is 80.3 Å². The standard InChI is InChI=1S/C26H36ClN5O2/c1-18-12-23(13-19(2)24(18)25(33)32-16-22(17-32)30(3)4)34-11-5-6-20-7-9-31(10-8-20)26-28-14-21(27)15-29-26/h12-15,20,22H,5-11,16-17H2,1-4H3. The summed E-state index contributed by atoms with van der Waals surface area (Å²) >= 11 is 5.89. The molecule has 184 valence electrons. The molecule has 0 N–H and O–H groups in total. The Hall–Kier alpha value is -2.38. The molecule has 2 aliphatic rings. The van der Waals surface area contributed by atoms with Gasteiger partial charge in [0.15, 0.2) is 0 Å². The first-order chi connectivity index (χ1) is 16.3. The van der Waals surface area contributed by atoms with Gasteiger partial charge >= 0.3 is 0 Å². The number of rotatable bonds is 8. The Morgan fingerprint density at radius 1 is 1.12 bits per heavy atom. The van der Waals surface area contributed by atoms with E-state index in [0.29, 0.717) is 23.6 Å². The van der Waals surface area contributed by atoms with Crippen LogP contribution in [0.3, 0.4) is 0 Å². The van der Waals surface area contributed by atoms with E-state index in [1.807, 2.05) is 30.9 Å². The molecule has 8 heteroatoms. The second-order valence-electron chi connectivity index (χ2n) is 9.88. The lowest BCUT2D eigenvalue weighted by Gasteiger charge is -2.43. The van der Waals surface area contributed by atoms with Gasteiger partial charge in [0.05, 0.1) is 24.0 Å². The van der Waals surface area contributed by atoms with Gasteiger partial charge in [-0.2, -0.15) is 0 Å². The van der Waals surface area contributed by atoms with Crippen molar-refractivity contribution in [3.63, 3.8) is 0 Å². The van der Waals surface area contributed by atoms with Gasteiger partial charge in [-0.05, 0) is 82.8 Å². The van der Waals surface area contributed by atoms with Crippen molar-refractivity contribution < 1.29 is 9.53 Å². The number of anilines is 1. The Morgan fingerprint density at radius 3 is 2.32 bits per heavy atom. The predicted octanol–water partition coefficient (Wildman–Crippen LogP) is 4.21. The normalized spacial score (nSPS) is 17.2. The van der Waals surface area contributed by atoms with Gasteiger partial charge in [-0.15, -0.1) is 0 Å². The number of likely N-dealkylation sites (N-methyl/N-ethyl adjacent to an activating group) is 1. The van der Waals surface area contributed by atoms with Crippen molar-refractivity contribution >= 4 is 23.5 Å². The van der Waals surface area contributed by atoms with Crippen LogP contribution in [0.4, 0.5) is 5.95 Å². The molecule has 2 aromatic rings. The van der Waals surface area contributed by atoms with Crippen LogP contribution in [0, 0.1) is 19.8 Å². The molecule has 4 rings (SSSR count). The molecule has 1 amide bonds. The first kappa shape index (κ1) is 24.7. The molecule has 1 aromatic heterocycles. The van der Waals surface area contributed by atoms with Crippen LogP contribution in [0.1, 0.15) is 47.2 Å². The Bertz CT molecular complexity index is 960. The number of ether oxygens (including phenoxy) is 1. The molecule has 0 radical (unpaired) electrons. The number of nitrogens with zero attached hydrogens (tertiary/aromatic N) is 5. The number of piperidine rings is 1. The van der Waals surface area contributed by atoms with Crippen LogP contribution >= 0.6 is 11.6 Å². The number of hydrogen-bond acceptors (Lipinski definition) is 6. The third-order valence-electron chi connectivity index (χ3n) is 7.13. The lowest BCUT2D eigenvalue weighted by Crippen LogP contribution is -2.59. The zero-order valence-electron chi connectivity index (χ0n) is 20.8. The summed E-state index contributed by atoms with van der Waals surface area (Å²) in [5, 5.41) is 0.569. The van der Waals surface area contributed by atoms with E-state index in [-0.39, 0.29) is 5.91 Å². The fourth-order valence-electron chi connectivity index (χ4n) is 4.90. The molecule has 0 bridgehead atoms.